The van der Waals surface area contributed by atoms with Crippen LogP contribution in [-0.4, -0.2) is 20.1 Å². The average molecular weight is 641 g/mol. The Bertz CT molecular complexity index is 1040. The lowest BCUT2D eigenvalue weighted by molar-refractivity contribution is -0.0419. The van der Waals surface area contributed by atoms with Gasteiger partial charge in [-0.15, -0.1) is 0 Å². The highest BCUT2D eigenvalue weighted by atomic mass is 14.9. The molecule has 4 heteroatoms. The first-order chi connectivity index (χ1) is 20.8. The molecule has 0 aromatic carbocycles. The van der Waals surface area contributed by atoms with E-state index in [1.807, 2.05) is 7.05 Å². The van der Waals surface area contributed by atoms with Crippen molar-refractivity contribution in [2.75, 3.05) is 20.1 Å². The van der Waals surface area contributed by atoms with Gasteiger partial charge in [0.15, 0.2) is 0 Å². The van der Waals surface area contributed by atoms with Gasteiger partial charge in [0.2, 0.25) is 0 Å². The molecule has 0 bridgehead atoms. The number of hydrogen-bond acceptors (Lipinski definition) is 4. The molecule has 0 spiro atoms. The zero-order valence-electron chi connectivity index (χ0n) is 33.9. The van der Waals surface area contributed by atoms with Gasteiger partial charge in [0, 0.05) is 54.5 Å². The van der Waals surface area contributed by atoms with Crippen molar-refractivity contribution in [3.8, 4) is 6.07 Å². The zero-order chi connectivity index (χ0) is 36.4. The van der Waals surface area contributed by atoms with Crippen LogP contribution in [0.3, 0.4) is 0 Å². The van der Waals surface area contributed by atoms with Crippen LogP contribution in [0.5, 0.6) is 0 Å². The Morgan fingerprint density at radius 3 is 1.70 bits per heavy atom. The minimum Gasteiger partial charge on any atom is -0.392 e. The van der Waals surface area contributed by atoms with E-state index in [1.54, 1.807) is 0 Å². The second kappa shape index (κ2) is 17.0. The molecule has 0 saturated carbocycles. The van der Waals surface area contributed by atoms with Crippen molar-refractivity contribution in [1.29, 1.82) is 5.26 Å². The molecule has 0 aliphatic heterocycles. The maximum atomic E-state index is 10.7. The number of nitrogens with one attached hydrogen (secondary N) is 3. The third kappa shape index (κ3) is 11.1. The molecule has 0 aliphatic carbocycles. The van der Waals surface area contributed by atoms with Gasteiger partial charge in [-0.2, -0.15) is 5.26 Å². The average Bonchev–Trinajstić information content (AvgIpc) is 2.93. The van der Waals surface area contributed by atoms with Gasteiger partial charge in [-0.05, 0) is 73.0 Å². The molecule has 0 fully saturated rings. The molecule has 0 amide bonds. The summed E-state index contributed by atoms with van der Waals surface area (Å²) in [5.41, 5.74) is 2.04. The maximum Gasteiger partial charge on any atom is 0.0692 e. The topological polar surface area (TPSA) is 59.9 Å². The monoisotopic (exact) mass is 641 g/mol. The maximum absolute atomic E-state index is 10.7. The number of nitrogens with zero attached hydrogens (tertiary/aromatic N) is 1. The number of rotatable bonds is 24. The minimum atomic E-state index is -0.486. The van der Waals surface area contributed by atoms with E-state index < -0.39 is 5.41 Å². The molecule has 0 aromatic heterocycles. The molecule has 46 heavy (non-hydrogen) atoms. The number of allylic oxidation sites excluding steroid dienone is 2. The number of nitriles is 1. The molecule has 0 aliphatic rings. The summed E-state index contributed by atoms with van der Waals surface area (Å²) in [7, 11) is 1.93. The highest BCUT2D eigenvalue weighted by molar-refractivity contribution is 5.22. The van der Waals surface area contributed by atoms with Crippen molar-refractivity contribution in [1.82, 2.24) is 16.0 Å². The van der Waals surface area contributed by atoms with Gasteiger partial charge in [-0.3, -0.25) is 0 Å². The summed E-state index contributed by atoms with van der Waals surface area (Å²) in [5.74, 6) is 0.684. The van der Waals surface area contributed by atoms with Gasteiger partial charge in [-0.25, -0.2) is 0 Å². The molecule has 0 aromatic rings. The van der Waals surface area contributed by atoms with Crippen LogP contribution in [0.2, 0.25) is 0 Å². The van der Waals surface area contributed by atoms with E-state index in [4.69, 9.17) is 13.2 Å². The van der Waals surface area contributed by atoms with Crippen molar-refractivity contribution < 1.29 is 0 Å². The summed E-state index contributed by atoms with van der Waals surface area (Å²) < 4.78 is 0. The van der Waals surface area contributed by atoms with Gasteiger partial charge < -0.3 is 16.0 Å². The van der Waals surface area contributed by atoms with Gasteiger partial charge in [-0.1, -0.05) is 130 Å². The van der Waals surface area contributed by atoms with E-state index in [1.165, 1.54) is 6.42 Å². The summed E-state index contributed by atoms with van der Waals surface area (Å²) in [4.78, 5) is 0. The fourth-order valence-corrected chi connectivity index (χ4v) is 8.20. The third-order valence-electron chi connectivity index (χ3n) is 12.5. The van der Waals surface area contributed by atoms with Gasteiger partial charge in [0.05, 0.1) is 11.5 Å². The summed E-state index contributed by atoms with van der Waals surface area (Å²) in [6.07, 6.45) is 9.15. The molecule has 0 saturated heterocycles. The van der Waals surface area contributed by atoms with E-state index in [0.717, 1.165) is 81.5 Å². The summed E-state index contributed by atoms with van der Waals surface area (Å²) in [6.45, 7) is 50.6. The van der Waals surface area contributed by atoms with Crippen LogP contribution in [0.4, 0.5) is 0 Å². The summed E-state index contributed by atoms with van der Waals surface area (Å²) >= 11 is 0. The summed E-state index contributed by atoms with van der Waals surface area (Å²) in [5, 5.41) is 21.4. The Morgan fingerprint density at radius 1 is 0.739 bits per heavy atom. The van der Waals surface area contributed by atoms with Crippen LogP contribution in [0.15, 0.2) is 36.8 Å². The van der Waals surface area contributed by atoms with Crippen LogP contribution < -0.4 is 16.0 Å². The molecule has 0 rings (SSSR count). The fourth-order valence-electron chi connectivity index (χ4n) is 8.20. The highest BCUT2D eigenvalue weighted by Crippen LogP contribution is 2.62. The largest absolute Gasteiger partial charge is 0.392 e. The lowest BCUT2D eigenvalue weighted by atomic mass is 9.47. The van der Waals surface area contributed by atoms with E-state index in [-0.39, 0.29) is 32.5 Å². The lowest BCUT2D eigenvalue weighted by Gasteiger charge is -2.57. The Kier molecular flexibility index (Phi) is 16.3. The smallest absolute Gasteiger partial charge is 0.0692 e. The third-order valence-corrected chi connectivity index (χ3v) is 12.5. The second-order valence-electron chi connectivity index (χ2n) is 18.5. The van der Waals surface area contributed by atoms with Crippen LogP contribution in [0.1, 0.15) is 162 Å². The van der Waals surface area contributed by atoms with Crippen molar-refractivity contribution in [3.05, 3.63) is 36.8 Å². The molecule has 3 unspecified atom stereocenters. The van der Waals surface area contributed by atoms with Crippen molar-refractivity contribution >= 4 is 0 Å². The van der Waals surface area contributed by atoms with Crippen molar-refractivity contribution in [3.63, 3.8) is 0 Å². The molecular weight excluding hydrogens is 560 g/mol. The predicted molar refractivity (Wildman–Crippen MR) is 205 cm³/mol. The molecule has 268 valence electrons. The summed E-state index contributed by atoms with van der Waals surface area (Å²) in [6, 6.07) is 2.80. The van der Waals surface area contributed by atoms with E-state index in [0.29, 0.717) is 5.92 Å². The van der Waals surface area contributed by atoms with Crippen LogP contribution in [0, 0.1) is 55.2 Å². The Hall–Kier alpha value is -1.89. The molecule has 3 N–H and O–H groups in total. The van der Waals surface area contributed by atoms with Crippen LogP contribution in [-0.2, 0) is 0 Å². The van der Waals surface area contributed by atoms with E-state index in [9.17, 15) is 5.26 Å². The predicted octanol–water partition coefficient (Wildman–Crippen LogP) is 11.8. The molecular formula is C42H80N4. The second-order valence-corrected chi connectivity index (χ2v) is 18.5. The first kappa shape index (κ1) is 44.1. The molecule has 0 heterocycles. The van der Waals surface area contributed by atoms with Crippen LogP contribution >= 0.6 is 0 Å². The van der Waals surface area contributed by atoms with Crippen LogP contribution in [0.25, 0.3) is 0 Å². The van der Waals surface area contributed by atoms with Gasteiger partial charge in [0.25, 0.3) is 0 Å². The first-order valence-corrected chi connectivity index (χ1v) is 18.4. The lowest BCUT2D eigenvalue weighted by Crippen LogP contribution is -2.52. The van der Waals surface area contributed by atoms with Crippen molar-refractivity contribution in [2.24, 2.45) is 43.8 Å². The van der Waals surface area contributed by atoms with Gasteiger partial charge in [0.1, 0.15) is 0 Å². The first-order valence-electron chi connectivity index (χ1n) is 18.4. The molecule has 0 radical (unpaired) electrons. The van der Waals surface area contributed by atoms with E-state index in [2.05, 4.69) is 132 Å². The standard InChI is InChI=1S/C42H80N4/c1-20-25-40(16,31-43)39(14,15)42(18,35(7)45-26-22-23-32(3)4)30-37(10,11)28-38(12,13)41(17,29-36(8,9)21-2)34(6)46-27-24-33(5)44-19/h32,44-46H,5-7,20-30H2,1-4,8-19H3. The molecule has 4 nitrogen and oxygen atoms in total. The van der Waals surface area contributed by atoms with Gasteiger partial charge >= 0.3 is 0 Å². The zero-order valence-corrected chi connectivity index (χ0v) is 33.9. The SMILES string of the molecule is C=C(CCNC(=C)C(C)(CC(C)(C)CC)C(C)(C)CC(C)(C)CC(C)(C(=C)NCCCC(C)C)C(C)(C)C(C)(C#N)CCC)NC. The Morgan fingerprint density at radius 2 is 1.24 bits per heavy atom. The minimum absolute atomic E-state index is 0.0427. The Labute approximate surface area is 289 Å². The normalized spacial score (nSPS) is 16.9. The fraction of sp³-hybridized carbons (Fsp3) is 0.833. The quantitative estimate of drug-likeness (QED) is 0.0919. The van der Waals surface area contributed by atoms with E-state index >= 15 is 0 Å². The number of hydrogen-bond donors (Lipinski definition) is 3. The molecule has 3 atom stereocenters. The van der Waals surface area contributed by atoms with Crippen molar-refractivity contribution in [2.45, 2.75) is 162 Å². The Balaban J connectivity index is 6.80. The highest BCUT2D eigenvalue weighted by Gasteiger charge is 2.57.